The predicted molar refractivity (Wildman–Crippen MR) is 77.2 cm³/mol. The Morgan fingerprint density at radius 3 is 2.50 bits per heavy atom. The van der Waals surface area contributed by atoms with Crippen LogP contribution in [-0.4, -0.2) is 20.2 Å². The smallest absolute Gasteiger partial charge is 0.201 e. The van der Waals surface area contributed by atoms with Crippen LogP contribution >= 0.6 is 17.0 Å². The van der Waals surface area contributed by atoms with Gasteiger partial charge in [0.05, 0.1) is 10.9 Å². The van der Waals surface area contributed by atoms with Crippen molar-refractivity contribution in [1.29, 1.82) is 0 Å². The van der Waals surface area contributed by atoms with Crippen molar-refractivity contribution in [2.45, 2.75) is 0 Å². The van der Waals surface area contributed by atoms with Gasteiger partial charge in [-0.1, -0.05) is 0 Å². The van der Waals surface area contributed by atoms with Crippen LogP contribution in [0.15, 0.2) is 46.1 Å². The molecule has 0 bridgehead atoms. The van der Waals surface area contributed by atoms with Crippen LogP contribution in [0.3, 0.4) is 0 Å². The predicted octanol–water partition coefficient (Wildman–Crippen LogP) is 2.24. The highest BCUT2D eigenvalue weighted by molar-refractivity contribution is 8.93. The van der Waals surface area contributed by atoms with Crippen LogP contribution in [0.4, 0.5) is 0 Å². The first-order valence-corrected chi connectivity index (χ1v) is 5.41. The third kappa shape index (κ3) is 2.23. The van der Waals surface area contributed by atoms with E-state index >= 15 is 0 Å². The van der Waals surface area contributed by atoms with Crippen molar-refractivity contribution < 1.29 is 14.6 Å². The monoisotopic (exact) mass is 336 g/mol. The number of phenols is 2. The van der Waals surface area contributed by atoms with Crippen molar-refractivity contribution in [2.24, 2.45) is 0 Å². The van der Waals surface area contributed by atoms with E-state index in [0.29, 0.717) is 5.56 Å². The Hall–Kier alpha value is -2.41. The molecule has 0 amide bonds. The molecule has 0 spiro atoms. The van der Waals surface area contributed by atoms with Crippen LogP contribution in [0.1, 0.15) is 0 Å². The zero-order chi connectivity index (χ0) is 13.4. The van der Waals surface area contributed by atoms with Crippen molar-refractivity contribution >= 4 is 28.0 Å². The Labute approximate surface area is 123 Å². The lowest BCUT2D eigenvalue weighted by molar-refractivity contribution is 0.400. The molecule has 102 valence electrons. The second-order valence-corrected chi connectivity index (χ2v) is 3.91. The molecule has 0 aliphatic carbocycles. The van der Waals surface area contributed by atoms with Gasteiger partial charge in [0.15, 0.2) is 16.8 Å². The fraction of sp³-hybridized carbons (Fsp3) is 0. The molecule has 0 unspecified atom stereocenters. The average molecular weight is 337 g/mol. The Morgan fingerprint density at radius 1 is 1.10 bits per heavy atom. The molecule has 2 aromatic heterocycles. The summed E-state index contributed by atoms with van der Waals surface area (Å²) in [6.07, 6.45) is 4.32. The van der Waals surface area contributed by atoms with Crippen LogP contribution in [0.25, 0.3) is 22.3 Å². The average Bonchev–Trinajstić information content (AvgIpc) is 2.44. The topological polar surface area (TPSA) is 96.5 Å². The minimum atomic E-state index is -0.465. The fourth-order valence-electron chi connectivity index (χ4n) is 1.76. The van der Waals surface area contributed by atoms with Gasteiger partial charge in [-0.2, -0.15) is 0 Å². The van der Waals surface area contributed by atoms with E-state index in [1.807, 2.05) is 0 Å². The largest absolute Gasteiger partial charge is 0.504 e. The summed E-state index contributed by atoms with van der Waals surface area (Å²) in [5.74, 6) is -0.593. The van der Waals surface area contributed by atoms with Crippen LogP contribution in [-0.2, 0) is 0 Å². The minimum absolute atomic E-state index is 0. The van der Waals surface area contributed by atoms with Crippen LogP contribution in [0, 0.1) is 0 Å². The summed E-state index contributed by atoms with van der Waals surface area (Å²) < 4.78 is 5.45. The SMILES string of the molecule is Br.O=c1cc(-c2cncnc2)oc2c(O)c(O)ccc12. The molecule has 3 aromatic rings. The Kier molecular flexibility index (Phi) is 3.71. The number of benzene rings is 1. The lowest BCUT2D eigenvalue weighted by Crippen LogP contribution is -2.00. The maximum Gasteiger partial charge on any atom is 0.201 e. The Morgan fingerprint density at radius 2 is 1.80 bits per heavy atom. The first-order valence-electron chi connectivity index (χ1n) is 5.41. The number of aromatic hydroxyl groups is 2. The van der Waals surface area contributed by atoms with E-state index < -0.39 is 5.75 Å². The molecule has 20 heavy (non-hydrogen) atoms. The molecular weight excluding hydrogens is 328 g/mol. The van der Waals surface area contributed by atoms with Gasteiger partial charge in [-0.05, 0) is 12.1 Å². The second kappa shape index (κ2) is 5.30. The standard InChI is InChI=1S/C13H8N2O4.BrH/c16-9-2-1-8-10(17)3-11(19-13(8)12(9)18)7-4-14-6-15-5-7;/h1-6,16,18H;1H. The number of phenolic OH excluding ortho intramolecular Hbond substituents is 2. The van der Waals surface area contributed by atoms with Gasteiger partial charge < -0.3 is 14.6 Å². The first-order chi connectivity index (χ1) is 9.16. The van der Waals surface area contributed by atoms with Crippen LogP contribution in [0.2, 0.25) is 0 Å². The van der Waals surface area contributed by atoms with E-state index in [-0.39, 0.29) is 44.9 Å². The number of hydrogen-bond acceptors (Lipinski definition) is 6. The van der Waals surface area contributed by atoms with Gasteiger partial charge in [-0.15, -0.1) is 17.0 Å². The summed E-state index contributed by atoms with van der Waals surface area (Å²) in [4.78, 5) is 19.6. The summed E-state index contributed by atoms with van der Waals surface area (Å²) in [6.45, 7) is 0. The highest BCUT2D eigenvalue weighted by Gasteiger charge is 2.13. The molecule has 0 saturated heterocycles. The fourth-order valence-corrected chi connectivity index (χ4v) is 1.76. The van der Waals surface area contributed by atoms with Gasteiger partial charge in [-0.3, -0.25) is 4.79 Å². The minimum Gasteiger partial charge on any atom is -0.504 e. The lowest BCUT2D eigenvalue weighted by atomic mass is 10.1. The molecule has 6 nitrogen and oxygen atoms in total. The molecule has 0 saturated carbocycles. The number of aromatic nitrogens is 2. The van der Waals surface area contributed by atoms with Gasteiger partial charge in [0, 0.05) is 18.5 Å². The molecule has 2 N–H and O–H groups in total. The Balaban J connectivity index is 0.00000147. The summed E-state index contributed by atoms with van der Waals surface area (Å²) in [5, 5.41) is 19.4. The highest BCUT2D eigenvalue weighted by atomic mass is 79.9. The molecule has 1 aromatic carbocycles. The summed E-state index contributed by atoms with van der Waals surface area (Å²) in [5.41, 5.74) is 0.117. The van der Waals surface area contributed by atoms with Crippen LogP contribution in [0.5, 0.6) is 11.5 Å². The van der Waals surface area contributed by atoms with Crippen molar-refractivity contribution in [1.82, 2.24) is 9.97 Å². The third-order valence-corrected chi connectivity index (χ3v) is 2.69. The van der Waals surface area contributed by atoms with E-state index in [1.165, 1.54) is 36.9 Å². The molecule has 0 fully saturated rings. The molecule has 7 heteroatoms. The van der Waals surface area contributed by atoms with Gasteiger partial charge in [-0.25, -0.2) is 9.97 Å². The zero-order valence-electron chi connectivity index (χ0n) is 9.98. The van der Waals surface area contributed by atoms with E-state index in [4.69, 9.17) is 4.42 Å². The number of hydrogen-bond donors (Lipinski definition) is 2. The maximum atomic E-state index is 11.9. The van der Waals surface area contributed by atoms with Gasteiger partial charge >= 0.3 is 0 Å². The van der Waals surface area contributed by atoms with E-state index in [0.717, 1.165) is 0 Å². The van der Waals surface area contributed by atoms with Crippen molar-refractivity contribution in [2.75, 3.05) is 0 Å². The number of fused-ring (bicyclic) bond motifs is 1. The van der Waals surface area contributed by atoms with Gasteiger partial charge in [0.2, 0.25) is 5.75 Å². The van der Waals surface area contributed by atoms with Gasteiger partial charge in [0.1, 0.15) is 12.1 Å². The van der Waals surface area contributed by atoms with E-state index in [2.05, 4.69) is 9.97 Å². The molecule has 0 aliphatic rings. The van der Waals surface area contributed by atoms with Crippen molar-refractivity contribution in [3.05, 3.63) is 47.1 Å². The van der Waals surface area contributed by atoms with E-state index in [9.17, 15) is 15.0 Å². The molecule has 0 atom stereocenters. The molecular formula is C13H9BrN2O4. The normalized spacial score (nSPS) is 10.2. The van der Waals surface area contributed by atoms with Crippen molar-refractivity contribution in [3.8, 4) is 22.8 Å². The zero-order valence-corrected chi connectivity index (χ0v) is 11.7. The van der Waals surface area contributed by atoms with Crippen LogP contribution < -0.4 is 5.43 Å². The summed E-state index contributed by atoms with van der Waals surface area (Å²) >= 11 is 0. The molecule has 3 rings (SSSR count). The lowest BCUT2D eigenvalue weighted by Gasteiger charge is -2.04. The molecule has 2 heterocycles. The molecule has 0 radical (unpaired) electrons. The number of halogens is 1. The summed E-state index contributed by atoms with van der Waals surface area (Å²) in [7, 11) is 0. The summed E-state index contributed by atoms with van der Waals surface area (Å²) in [6, 6.07) is 3.92. The second-order valence-electron chi connectivity index (χ2n) is 3.91. The van der Waals surface area contributed by atoms with E-state index in [1.54, 1.807) is 0 Å². The first kappa shape index (κ1) is 14.0. The maximum absolute atomic E-state index is 11.9. The quantitative estimate of drug-likeness (QED) is 0.661. The number of rotatable bonds is 1. The number of nitrogens with zero attached hydrogens (tertiary/aromatic N) is 2. The Bertz CT molecular complexity index is 818. The highest BCUT2D eigenvalue weighted by Crippen LogP contribution is 2.33. The third-order valence-electron chi connectivity index (χ3n) is 2.69. The van der Waals surface area contributed by atoms with Crippen molar-refractivity contribution in [3.63, 3.8) is 0 Å². The molecule has 0 aliphatic heterocycles. The van der Waals surface area contributed by atoms with Gasteiger partial charge in [0.25, 0.3) is 0 Å².